The predicted molar refractivity (Wildman–Crippen MR) is 136 cm³/mol. The predicted octanol–water partition coefficient (Wildman–Crippen LogP) is 3.55. The second-order valence-electron chi connectivity index (χ2n) is 10.3. The first-order valence-electron chi connectivity index (χ1n) is 12.8. The first-order chi connectivity index (χ1) is 17.9. The zero-order chi connectivity index (χ0) is 25.6. The molecule has 37 heavy (non-hydrogen) atoms. The lowest BCUT2D eigenvalue weighted by Gasteiger charge is -2.37. The van der Waals surface area contributed by atoms with E-state index in [1.54, 1.807) is 17.0 Å². The molecule has 9 nitrogen and oxygen atoms in total. The van der Waals surface area contributed by atoms with Crippen molar-refractivity contribution in [1.29, 1.82) is 5.26 Å². The van der Waals surface area contributed by atoms with Crippen LogP contribution in [-0.2, 0) is 14.3 Å². The number of carbonyl (C=O) groups excluding carboxylic acids is 3. The van der Waals surface area contributed by atoms with Crippen LogP contribution in [0.25, 0.3) is 21.9 Å². The number of carbonyl (C=O) groups is 3. The Morgan fingerprint density at radius 2 is 1.68 bits per heavy atom. The highest BCUT2D eigenvalue weighted by atomic mass is 16.5. The Hall–Kier alpha value is -3.90. The molecule has 0 unspecified atom stereocenters. The summed E-state index contributed by atoms with van der Waals surface area (Å²) in [7, 11) is 0. The van der Waals surface area contributed by atoms with Crippen LogP contribution in [-0.4, -0.2) is 48.6 Å². The Kier molecular flexibility index (Phi) is 5.64. The van der Waals surface area contributed by atoms with Crippen LogP contribution in [0.3, 0.4) is 0 Å². The Labute approximate surface area is 213 Å². The maximum Gasteiger partial charge on any atom is 0.253 e. The van der Waals surface area contributed by atoms with Crippen molar-refractivity contribution in [2.75, 3.05) is 24.7 Å². The van der Waals surface area contributed by atoms with Crippen molar-refractivity contribution in [3.05, 3.63) is 42.0 Å². The first-order valence-corrected chi connectivity index (χ1v) is 12.8. The van der Waals surface area contributed by atoms with Gasteiger partial charge in [0.1, 0.15) is 28.9 Å². The summed E-state index contributed by atoms with van der Waals surface area (Å²) in [6, 6.07) is 13.1. The number of anilines is 1. The van der Waals surface area contributed by atoms with Gasteiger partial charge in [-0.1, -0.05) is 19.3 Å². The molecule has 1 aliphatic heterocycles. The summed E-state index contributed by atoms with van der Waals surface area (Å²) >= 11 is 0. The minimum atomic E-state index is -1.02. The molecule has 1 saturated heterocycles. The Bertz CT molecular complexity index is 1460. The van der Waals surface area contributed by atoms with Gasteiger partial charge in [-0.05, 0) is 56.0 Å². The van der Waals surface area contributed by atoms with E-state index < -0.39 is 11.1 Å². The van der Waals surface area contributed by atoms with Gasteiger partial charge in [-0.3, -0.25) is 14.4 Å². The van der Waals surface area contributed by atoms with Crippen molar-refractivity contribution < 1.29 is 23.5 Å². The van der Waals surface area contributed by atoms with Gasteiger partial charge < -0.3 is 24.7 Å². The second kappa shape index (κ2) is 8.89. The van der Waals surface area contributed by atoms with Gasteiger partial charge in [0.2, 0.25) is 5.91 Å². The highest BCUT2D eigenvalue weighted by molar-refractivity contribution is 6.09. The largest absolute Gasteiger partial charge is 0.456 e. The fourth-order valence-corrected chi connectivity index (χ4v) is 5.45. The van der Waals surface area contributed by atoms with Crippen molar-refractivity contribution in [3.63, 3.8) is 0 Å². The highest BCUT2D eigenvalue weighted by Gasteiger charge is 2.50. The smallest absolute Gasteiger partial charge is 0.253 e. The number of hydrogen-bond acceptors (Lipinski definition) is 6. The van der Waals surface area contributed by atoms with E-state index in [0.717, 1.165) is 35.7 Å². The van der Waals surface area contributed by atoms with Gasteiger partial charge in [0.05, 0.1) is 12.7 Å². The SMILES string of the molecule is N#CC1(NC(=O)C2(NC(=O)c3ccc4c(c3)oc3cc(N5CCOCC5=O)ccc34)CCCCC2)CC1. The van der Waals surface area contributed by atoms with Crippen LogP contribution in [0.2, 0.25) is 0 Å². The molecule has 2 aliphatic carbocycles. The number of nitrogens with one attached hydrogen (secondary N) is 2. The maximum absolute atomic E-state index is 13.4. The summed E-state index contributed by atoms with van der Waals surface area (Å²) in [6.07, 6.45) is 5.06. The quantitative estimate of drug-likeness (QED) is 0.552. The van der Waals surface area contributed by atoms with Gasteiger partial charge in [-0.15, -0.1) is 0 Å². The van der Waals surface area contributed by atoms with E-state index in [0.29, 0.717) is 55.6 Å². The van der Waals surface area contributed by atoms with Crippen molar-refractivity contribution >= 4 is 45.3 Å². The van der Waals surface area contributed by atoms with Crippen molar-refractivity contribution in [2.45, 2.75) is 56.0 Å². The van der Waals surface area contributed by atoms with Crippen LogP contribution in [0.5, 0.6) is 0 Å². The maximum atomic E-state index is 13.4. The summed E-state index contributed by atoms with van der Waals surface area (Å²) in [5.74, 6) is -0.709. The molecule has 2 aromatic carbocycles. The van der Waals surface area contributed by atoms with Crippen LogP contribution >= 0.6 is 0 Å². The molecule has 0 atom stereocenters. The third-order valence-corrected chi connectivity index (χ3v) is 7.83. The van der Waals surface area contributed by atoms with E-state index in [-0.39, 0.29) is 24.3 Å². The summed E-state index contributed by atoms with van der Waals surface area (Å²) in [6.45, 7) is 1.03. The minimum absolute atomic E-state index is 0.0631. The van der Waals surface area contributed by atoms with E-state index in [9.17, 15) is 19.6 Å². The summed E-state index contributed by atoms with van der Waals surface area (Å²) in [5, 5.41) is 17.1. The lowest BCUT2D eigenvalue weighted by atomic mass is 9.80. The lowest BCUT2D eigenvalue weighted by molar-refractivity contribution is -0.129. The van der Waals surface area contributed by atoms with Crippen LogP contribution in [0.1, 0.15) is 55.3 Å². The Morgan fingerprint density at radius 1 is 0.946 bits per heavy atom. The molecule has 2 heterocycles. The molecule has 2 N–H and O–H groups in total. The molecular weight excluding hydrogens is 472 g/mol. The summed E-state index contributed by atoms with van der Waals surface area (Å²) in [5.41, 5.74) is 0.507. The van der Waals surface area contributed by atoms with Crippen LogP contribution in [0.15, 0.2) is 40.8 Å². The van der Waals surface area contributed by atoms with Gasteiger partial charge in [0.25, 0.3) is 11.8 Å². The zero-order valence-corrected chi connectivity index (χ0v) is 20.5. The van der Waals surface area contributed by atoms with Crippen molar-refractivity contribution in [1.82, 2.24) is 10.6 Å². The molecule has 1 aromatic heterocycles. The lowest BCUT2D eigenvalue weighted by Crippen LogP contribution is -2.61. The number of fused-ring (bicyclic) bond motifs is 3. The molecule has 3 aliphatic rings. The summed E-state index contributed by atoms with van der Waals surface area (Å²) < 4.78 is 11.3. The molecule has 0 radical (unpaired) electrons. The third-order valence-electron chi connectivity index (χ3n) is 7.83. The van der Waals surface area contributed by atoms with Gasteiger partial charge in [-0.2, -0.15) is 5.26 Å². The fourth-order valence-electron chi connectivity index (χ4n) is 5.45. The Balaban J connectivity index is 1.27. The third kappa shape index (κ3) is 4.21. The van der Waals surface area contributed by atoms with E-state index in [4.69, 9.17) is 9.15 Å². The highest BCUT2D eigenvalue weighted by Crippen LogP contribution is 2.37. The normalized spacial score (nSPS) is 20.4. The minimum Gasteiger partial charge on any atom is -0.456 e. The average Bonchev–Trinajstić information content (AvgIpc) is 3.60. The number of rotatable bonds is 5. The number of amides is 3. The number of ether oxygens (including phenoxy) is 1. The zero-order valence-electron chi connectivity index (χ0n) is 20.5. The number of morpholine rings is 1. The van der Waals surface area contributed by atoms with Crippen molar-refractivity contribution in [2.24, 2.45) is 0 Å². The van der Waals surface area contributed by atoms with Crippen LogP contribution < -0.4 is 15.5 Å². The molecular formula is C28H28N4O5. The fraction of sp³-hybridized carbons (Fsp3) is 0.429. The monoisotopic (exact) mass is 500 g/mol. The summed E-state index contributed by atoms with van der Waals surface area (Å²) in [4.78, 5) is 40.6. The number of furan rings is 1. The van der Waals surface area contributed by atoms with Gasteiger partial charge in [-0.25, -0.2) is 0 Å². The van der Waals surface area contributed by atoms with E-state index in [1.807, 2.05) is 24.3 Å². The standard InChI is InChI=1S/C28H28N4O5/c29-17-27(10-11-27)31-26(35)28(8-2-1-3-9-28)30-25(34)18-4-6-20-21-7-5-19(15-23(21)37-22(20)14-18)32-12-13-36-16-24(32)33/h4-7,14-15H,1-3,8-13,16H2,(H,30,34)(H,31,35). The molecule has 190 valence electrons. The molecule has 0 spiro atoms. The second-order valence-corrected chi connectivity index (χ2v) is 10.3. The first kappa shape index (κ1) is 23.5. The topological polar surface area (TPSA) is 125 Å². The molecule has 3 amide bonds. The number of nitriles is 1. The molecule has 3 aromatic rings. The van der Waals surface area contributed by atoms with Crippen LogP contribution in [0, 0.1) is 11.3 Å². The van der Waals surface area contributed by atoms with E-state index in [1.165, 1.54) is 0 Å². The number of nitrogens with zero attached hydrogens (tertiary/aromatic N) is 2. The molecule has 3 fully saturated rings. The van der Waals surface area contributed by atoms with Gasteiger partial charge in [0, 0.05) is 34.6 Å². The number of hydrogen-bond donors (Lipinski definition) is 2. The molecule has 6 rings (SSSR count). The van der Waals surface area contributed by atoms with Gasteiger partial charge in [0.15, 0.2) is 0 Å². The molecule has 9 heteroatoms. The Morgan fingerprint density at radius 3 is 2.38 bits per heavy atom. The van der Waals surface area contributed by atoms with E-state index >= 15 is 0 Å². The number of benzene rings is 2. The van der Waals surface area contributed by atoms with Crippen molar-refractivity contribution in [3.8, 4) is 6.07 Å². The van der Waals surface area contributed by atoms with E-state index in [2.05, 4.69) is 16.7 Å². The molecule has 0 bridgehead atoms. The average molecular weight is 501 g/mol. The van der Waals surface area contributed by atoms with Gasteiger partial charge >= 0.3 is 0 Å². The van der Waals surface area contributed by atoms with Crippen LogP contribution in [0.4, 0.5) is 5.69 Å². The molecule has 2 saturated carbocycles.